The quantitative estimate of drug-likeness (QED) is 0.663. The van der Waals surface area contributed by atoms with Gasteiger partial charge in [-0.3, -0.25) is 9.69 Å². The lowest BCUT2D eigenvalue weighted by atomic mass is 9.91. The molecule has 1 aromatic carbocycles. The molecule has 2 aromatic rings. The van der Waals surface area contributed by atoms with Gasteiger partial charge in [0.1, 0.15) is 10.3 Å². The Morgan fingerprint density at radius 1 is 1.09 bits per heavy atom. The molecule has 0 aliphatic carbocycles. The summed E-state index contributed by atoms with van der Waals surface area (Å²) in [6.07, 6.45) is 2.53. The summed E-state index contributed by atoms with van der Waals surface area (Å²) in [6.45, 7) is 8.50. The molecule has 2 aliphatic heterocycles. The van der Waals surface area contributed by atoms with E-state index in [-0.39, 0.29) is 5.91 Å². The van der Waals surface area contributed by atoms with E-state index in [4.69, 9.17) is 0 Å². The molecule has 1 N–H and O–H groups in total. The highest BCUT2D eigenvalue weighted by Crippen LogP contribution is 2.29. The zero-order valence-corrected chi connectivity index (χ0v) is 20.5. The molecule has 8 heteroatoms. The maximum absolute atomic E-state index is 13.0. The van der Waals surface area contributed by atoms with Crippen LogP contribution in [0.4, 0.5) is 0 Å². The molecule has 3 unspecified atom stereocenters. The fraction of sp³-hybridized carbons (Fsp3) is 0.542. The van der Waals surface area contributed by atoms with Crippen LogP contribution in [0.25, 0.3) is 0 Å². The van der Waals surface area contributed by atoms with Crippen LogP contribution in [-0.2, 0) is 27.9 Å². The van der Waals surface area contributed by atoms with Crippen LogP contribution in [-0.4, -0.2) is 49.2 Å². The van der Waals surface area contributed by atoms with Gasteiger partial charge >= 0.3 is 0 Å². The average molecular weight is 476 g/mol. The van der Waals surface area contributed by atoms with Gasteiger partial charge in [0.05, 0.1) is 0 Å². The molecule has 174 valence electrons. The summed E-state index contributed by atoms with van der Waals surface area (Å²) in [5.41, 5.74) is 2.32. The van der Waals surface area contributed by atoms with Crippen LogP contribution in [0.2, 0.25) is 0 Å². The van der Waals surface area contributed by atoms with Crippen molar-refractivity contribution in [1.82, 2.24) is 14.5 Å². The molecule has 32 heavy (non-hydrogen) atoms. The lowest BCUT2D eigenvalue weighted by molar-refractivity contribution is -0.124. The number of likely N-dealkylation sites (tertiary alicyclic amines) is 1. The molecular formula is C24H33N3O3S2. The van der Waals surface area contributed by atoms with Crippen molar-refractivity contribution in [3.63, 3.8) is 0 Å². The Hall–Kier alpha value is -1.74. The number of amides is 1. The second-order valence-electron chi connectivity index (χ2n) is 9.33. The highest BCUT2D eigenvalue weighted by atomic mass is 32.2. The normalized spacial score (nSPS) is 25.1. The SMILES string of the molecule is CC1CC(C)CN(Cc2ccccc2CNC(=O)C2CCCN2S(=O)(=O)c2cccs2)C1. The fourth-order valence-corrected chi connectivity index (χ4v) is 7.94. The first kappa shape index (κ1) is 23.4. The Kier molecular flexibility index (Phi) is 7.34. The molecule has 1 aromatic heterocycles. The van der Waals surface area contributed by atoms with Crippen LogP contribution in [0.3, 0.4) is 0 Å². The summed E-state index contributed by atoms with van der Waals surface area (Å²) in [5.74, 6) is 1.19. The molecule has 3 atom stereocenters. The third-order valence-corrected chi connectivity index (χ3v) is 9.76. The highest BCUT2D eigenvalue weighted by molar-refractivity contribution is 7.91. The number of thiophene rings is 1. The van der Waals surface area contributed by atoms with Gasteiger partial charge in [-0.1, -0.05) is 44.2 Å². The topological polar surface area (TPSA) is 69.7 Å². The van der Waals surface area contributed by atoms with E-state index in [1.807, 2.05) is 12.1 Å². The third kappa shape index (κ3) is 5.25. The van der Waals surface area contributed by atoms with E-state index in [2.05, 4.69) is 36.2 Å². The molecule has 2 aliphatic rings. The lowest BCUT2D eigenvalue weighted by Crippen LogP contribution is -2.45. The summed E-state index contributed by atoms with van der Waals surface area (Å²) < 4.78 is 27.6. The average Bonchev–Trinajstić information content (AvgIpc) is 3.45. The largest absolute Gasteiger partial charge is 0.351 e. The van der Waals surface area contributed by atoms with E-state index in [0.717, 1.165) is 25.2 Å². The minimum Gasteiger partial charge on any atom is -0.351 e. The zero-order valence-electron chi connectivity index (χ0n) is 18.9. The van der Waals surface area contributed by atoms with Crippen molar-refractivity contribution >= 4 is 27.3 Å². The lowest BCUT2D eigenvalue weighted by Gasteiger charge is -2.35. The van der Waals surface area contributed by atoms with Crippen molar-refractivity contribution in [3.8, 4) is 0 Å². The molecule has 3 heterocycles. The number of nitrogens with zero attached hydrogens (tertiary/aromatic N) is 2. The molecule has 4 rings (SSSR count). The number of nitrogens with one attached hydrogen (secondary N) is 1. The van der Waals surface area contributed by atoms with Crippen LogP contribution in [0.15, 0.2) is 46.0 Å². The zero-order chi connectivity index (χ0) is 22.7. The van der Waals surface area contributed by atoms with Crippen molar-refractivity contribution in [1.29, 1.82) is 0 Å². The molecule has 0 spiro atoms. The van der Waals surface area contributed by atoms with E-state index in [1.54, 1.807) is 17.5 Å². The number of piperidine rings is 1. The maximum atomic E-state index is 13.0. The van der Waals surface area contributed by atoms with E-state index in [1.165, 1.54) is 27.6 Å². The van der Waals surface area contributed by atoms with Gasteiger partial charge in [0.2, 0.25) is 5.91 Å². The van der Waals surface area contributed by atoms with Crippen LogP contribution in [0.5, 0.6) is 0 Å². The monoisotopic (exact) mass is 475 g/mol. The van der Waals surface area contributed by atoms with Crippen molar-refractivity contribution in [2.45, 2.75) is 56.5 Å². The summed E-state index contributed by atoms with van der Waals surface area (Å²) in [6, 6.07) is 10.9. The van der Waals surface area contributed by atoms with E-state index in [0.29, 0.717) is 42.0 Å². The van der Waals surface area contributed by atoms with Gasteiger partial charge in [0.15, 0.2) is 0 Å². The summed E-state index contributed by atoms with van der Waals surface area (Å²) >= 11 is 1.19. The third-order valence-electron chi connectivity index (χ3n) is 6.47. The molecule has 2 saturated heterocycles. The van der Waals surface area contributed by atoms with Gasteiger partial charge in [0, 0.05) is 32.7 Å². The van der Waals surface area contributed by atoms with E-state index >= 15 is 0 Å². The number of benzene rings is 1. The van der Waals surface area contributed by atoms with Crippen molar-refractivity contribution in [2.24, 2.45) is 11.8 Å². The van der Waals surface area contributed by atoms with E-state index < -0.39 is 16.1 Å². The second-order valence-corrected chi connectivity index (χ2v) is 12.4. The van der Waals surface area contributed by atoms with Gasteiger partial charge < -0.3 is 5.32 Å². The first-order valence-corrected chi connectivity index (χ1v) is 13.8. The Balaban J connectivity index is 1.41. The second kappa shape index (κ2) is 10.0. The van der Waals surface area contributed by atoms with Crippen LogP contribution >= 0.6 is 11.3 Å². The van der Waals surface area contributed by atoms with Gasteiger partial charge in [-0.2, -0.15) is 4.31 Å². The van der Waals surface area contributed by atoms with Crippen LogP contribution < -0.4 is 5.32 Å². The Morgan fingerprint density at radius 3 is 2.50 bits per heavy atom. The van der Waals surface area contributed by atoms with Gasteiger partial charge in [-0.05, 0) is 53.7 Å². The summed E-state index contributed by atoms with van der Waals surface area (Å²) in [5, 5.41) is 4.77. The molecule has 0 radical (unpaired) electrons. The molecule has 2 fully saturated rings. The molecular weight excluding hydrogens is 442 g/mol. The molecule has 1 amide bonds. The minimum atomic E-state index is -3.63. The van der Waals surface area contributed by atoms with Gasteiger partial charge in [0.25, 0.3) is 10.0 Å². The smallest absolute Gasteiger partial charge is 0.253 e. The highest BCUT2D eigenvalue weighted by Gasteiger charge is 2.39. The number of rotatable bonds is 7. The number of sulfonamides is 1. The molecule has 6 nitrogen and oxygen atoms in total. The fourth-order valence-electron chi connectivity index (χ4n) is 5.16. The number of hydrogen-bond donors (Lipinski definition) is 1. The van der Waals surface area contributed by atoms with Crippen LogP contribution in [0, 0.1) is 11.8 Å². The van der Waals surface area contributed by atoms with Crippen molar-refractivity contribution < 1.29 is 13.2 Å². The first-order chi connectivity index (χ1) is 15.3. The summed E-state index contributed by atoms with van der Waals surface area (Å²) in [7, 11) is -3.63. The molecule has 0 saturated carbocycles. The maximum Gasteiger partial charge on any atom is 0.253 e. The minimum absolute atomic E-state index is 0.211. The predicted octanol–water partition coefficient (Wildman–Crippen LogP) is 3.70. The Morgan fingerprint density at radius 2 is 1.81 bits per heavy atom. The summed E-state index contributed by atoms with van der Waals surface area (Å²) in [4.78, 5) is 15.5. The first-order valence-electron chi connectivity index (χ1n) is 11.5. The van der Waals surface area contributed by atoms with Crippen LogP contribution in [0.1, 0.15) is 44.2 Å². The van der Waals surface area contributed by atoms with Gasteiger partial charge in [-0.15, -0.1) is 11.3 Å². The number of carbonyl (C=O) groups is 1. The van der Waals surface area contributed by atoms with Crippen molar-refractivity contribution in [3.05, 3.63) is 52.9 Å². The Bertz CT molecular complexity index is 1010. The van der Waals surface area contributed by atoms with Crippen molar-refractivity contribution in [2.75, 3.05) is 19.6 Å². The Labute approximate surface area is 195 Å². The standard InChI is InChI=1S/C24H33N3O3S2/c1-18-13-19(2)16-26(15-18)17-21-8-4-3-7-20(21)14-25-24(28)22-9-5-11-27(22)32(29,30)23-10-6-12-31-23/h3-4,6-8,10,12,18-19,22H,5,9,11,13-17H2,1-2H3,(H,25,28). The molecule has 0 bridgehead atoms. The number of carbonyl (C=O) groups excluding carboxylic acids is 1. The number of hydrogen-bond acceptors (Lipinski definition) is 5. The predicted molar refractivity (Wildman–Crippen MR) is 128 cm³/mol. The van der Waals surface area contributed by atoms with E-state index in [9.17, 15) is 13.2 Å². The van der Waals surface area contributed by atoms with Gasteiger partial charge in [-0.25, -0.2) is 8.42 Å².